The van der Waals surface area contributed by atoms with Crippen molar-refractivity contribution in [2.75, 3.05) is 0 Å². The van der Waals surface area contributed by atoms with Crippen LogP contribution < -0.4 is 0 Å². The van der Waals surface area contributed by atoms with Gasteiger partial charge in [0.25, 0.3) is 5.69 Å². The summed E-state index contributed by atoms with van der Waals surface area (Å²) in [6, 6.07) is 3.46. The summed E-state index contributed by atoms with van der Waals surface area (Å²) < 4.78 is 14.8. The van der Waals surface area contributed by atoms with Crippen molar-refractivity contribution in [2.45, 2.75) is 12.4 Å². The lowest BCUT2D eigenvalue weighted by atomic mass is 10.2. The van der Waals surface area contributed by atoms with Crippen LogP contribution in [0.25, 0.3) is 0 Å². The molecule has 0 N–H and O–H groups in total. The van der Waals surface area contributed by atoms with Gasteiger partial charge < -0.3 is 0 Å². The maximum atomic E-state index is 13.2. The Balaban J connectivity index is 2.25. The lowest BCUT2D eigenvalue weighted by Gasteiger charge is -2.02. The van der Waals surface area contributed by atoms with Gasteiger partial charge in [0.05, 0.1) is 29.6 Å². The van der Waals surface area contributed by atoms with Gasteiger partial charge in [0.2, 0.25) is 0 Å². The average molecular weight is 270 g/mol. The highest BCUT2D eigenvalue weighted by Crippen LogP contribution is 2.17. The first-order valence-electron chi connectivity index (χ1n) is 5.09. The predicted molar refractivity (Wildman–Crippen MR) is 63.9 cm³/mol. The molecule has 0 aliphatic rings. The molecular formula is C11H9ClFN3O2. The van der Waals surface area contributed by atoms with E-state index in [4.69, 9.17) is 11.6 Å². The third-order valence-electron chi connectivity index (χ3n) is 2.34. The normalized spacial score (nSPS) is 10.6. The van der Waals surface area contributed by atoms with E-state index in [1.54, 1.807) is 17.1 Å². The summed E-state index contributed by atoms with van der Waals surface area (Å²) in [5, 5.41) is 14.6. The summed E-state index contributed by atoms with van der Waals surface area (Å²) in [5.41, 5.74) is 1.04. The van der Waals surface area contributed by atoms with E-state index in [9.17, 15) is 14.5 Å². The molecule has 2 rings (SSSR count). The van der Waals surface area contributed by atoms with Gasteiger partial charge in [-0.15, -0.1) is 11.6 Å². The molecular weight excluding hydrogens is 261 g/mol. The van der Waals surface area contributed by atoms with Crippen molar-refractivity contribution in [3.8, 4) is 0 Å². The first kappa shape index (κ1) is 12.5. The van der Waals surface area contributed by atoms with Gasteiger partial charge in [0.15, 0.2) is 0 Å². The van der Waals surface area contributed by atoms with Gasteiger partial charge in [0, 0.05) is 17.8 Å². The molecule has 0 unspecified atom stereocenters. The molecule has 0 atom stereocenters. The third kappa shape index (κ3) is 2.84. The van der Waals surface area contributed by atoms with Crippen molar-refractivity contribution in [2.24, 2.45) is 0 Å². The molecule has 0 saturated carbocycles. The number of hydrogen-bond acceptors (Lipinski definition) is 3. The summed E-state index contributed by atoms with van der Waals surface area (Å²) in [4.78, 5) is 9.98. The molecule has 0 saturated heterocycles. The number of nitro benzene ring substituents is 1. The molecule has 1 aromatic carbocycles. The number of nitro groups is 1. The van der Waals surface area contributed by atoms with E-state index in [1.165, 1.54) is 12.1 Å². The smallest absolute Gasteiger partial charge is 0.268 e. The van der Waals surface area contributed by atoms with Crippen molar-refractivity contribution in [3.63, 3.8) is 0 Å². The van der Waals surface area contributed by atoms with E-state index in [0.717, 1.165) is 11.6 Å². The number of aromatic nitrogens is 2. The summed E-state index contributed by atoms with van der Waals surface area (Å²) >= 11 is 5.63. The van der Waals surface area contributed by atoms with Crippen LogP contribution in [0.4, 0.5) is 10.1 Å². The largest absolute Gasteiger partial charge is 0.272 e. The Morgan fingerprint density at radius 1 is 1.39 bits per heavy atom. The number of halogens is 2. The van der Waals surface area contributed by atoms with E-state index in [0.29, 0.717) is 11.4 Å². The quantitative estimate of drug-likeness (QED) is 0.487. The molecule has 1 aromatic heterocycles. The molecule has 2 aromatic rings. The van der Waals surface area contributed by atoms with Crippen LogP contribution in [0.3, 0.4) is 0 Å². The highest BCUT2D eigenvalue weighted by molar-refractivity contribution is 6.17. The number of hydrogen-bond donors (Lipinski definition) is 0. The predicted octanol–water partition coefficient (Wildman–Crippen LogP) is 2.72. The Morgan fingerprint density at radius 2 is 2.17 bits per heavy atom. The van der Waals surface area contributed by atoms with Crippen molar-refractivity contribution in [1.82, 2.24) is 9.78 Å². The summed E-state index contributed by atoms with van der Waals surface area (Å²) in [5.74, 6) is -0.299. The fraction of sp³-hybridized carbons (Fsp3) is 0.182. The minimum Gasteiger partial charge on any atom is -0.268 e. The first-order valence-corrected chi connectivity index (χ1v) is 5.63. The van der Waals surface area contributed by atoms with Gasteiger partial charge in [-0.05, 0) is 11.6 Å². The molecule has 0 spiro atoms. The van der Waals surface area contributed by atoms with Crippen LogP contribution in [-0.2, 0) is 12.4 Å². The van der Waals surface area contributed by atoms with Crippen LogP contribution in [0, 0.1) is 15.9 Å². The lowest BCUT2D eigenvalue weighted by molar-refractivity contribution is -0.385. The second-order valence-corrected chi connectivity index (χ2v) is 4.02. The van der Waals surface area contributed by atoms with Crippen LogP contribution in [0.15, 0.2) is 30.6 Å². The summed E-state index contributed by atoms with van der Waals surface area (Å²) in [6.07, 6.45) is 3.31. The Kier molecular flexibility index (Phi) is 3.57. The lowest BCUT2D eigenvalue weighted by Crippen LogP contribution is -2.01. The van der Waals surface area contributed by atoms with E-state index in [2.05, 4.69) is 5.10 Å². The number of benzene rings is 1. The molecule has 0 amide bonds. The number of rotatable bonds is 4. The minimum absolute atomic E-state index is 0.259. The number of nitrogens with zero attached hydrogens (tertiary/aromatic N) is 3. The zero-order valence-corrected chi connectivity index (χ0v) is 9.97. The van der Waals surface area contributed by atoms with Crippen LogP contribution in [0.2, 0.25) is 0 Å². The van der Waals surface area contributed by atoms with E-state index in [-0.39, 0.29) is 12.2 Å². The molecule has 94 valence electrons. The van der Waals surface area contributed by atoms with Crippen LogP contribution in [0.1, 0.15) is 11.1 Å². The molecule has 5 nitrogen and oxygen atoms in total. The highest BCUT2D eigenvalue weighted by Gasteiger charge is 2.10. The standard InChI is InChI=1S/C11H9ClFN3O2/c12-4-9-5-14-15(7-9)6-8-1-10(13)3-11(2-8)16(17)18/h1-3,5,7H,4,6H2. The monoisotopic (exact) mass is 269 g/mol. The van der Waals surface area contributed by atoms with E-state index < -0.39 is 10.7 Å². The Morgan fingerprint density at radius 3 is 2.78 bits per heavy atom. The second-order valence-electron chi connectivity index (χ2n) is 3.75. The maximum absolute atomic E-state index is 13.2. The SMILES string of the molecule is O=[N+]([O-])c1cc(F)cc(Cn2cc(CCl)cn2)c1. The summed E-state index contributed by atoms with van der Waals surface area (Å²) in [6.45, 7) is 0.259. The van der Waals surface area contributed by atoms with Crippen molar-refractivity contribution in [1.29, 1.82) is 0 Å². The average Bonchev–Trinajstić information content (AvgIpc) is 2.76. The molecule has 0 radical (unpaired) electrons. The Bertz CT molecular complexity index is 585. The Hall–Kier alpha value is -1.95. The second kappa shape index (κ2) is 5.14. The van der Waals surface area contributed by atoms with Crippen molar-refractivity contribution < 1.29 is 9.31 Å². The molecule has 18 heavy (non-hydrogen) atoms. The minimum atomic E-state index is -0.635. The van der Waals surface area contributed by atoms with Crippen molar-refractivity contribution >= 4 is 17.3 Å². The highest BCUT2D eigenvalue weighted by atomic mass is 35.5. The van der Waals surface area contributed by atoms with Gasteiger partial charge >= 0.3 is 0 Å². The molecule has 0 aliphatic heterocycles. The van der Waals surface area contributed by atoms with Crippen LogP contribution in [0.5, 0.6) is 0 Å². The Labute approximate surface area is 107 Å². The van der Waals surface area contributed by atoms with Crippen LogP contribution in [-0.4, -0.2) is 14.7 Å². The van der Waals surface area contributed by atoms with Crippen LogP contribution >= 0.6 is 11.6 Å². The maximum Gasteiger partial charge on any atom is 0.272 e. The van der Waals surface area contributed by atoms with Gasteiger partial charge in [-0.3, -0.25) is 14.8 Å². The molecule has 0 bridgehead atoms. The molecule has 0 fully saturated rings. The van der Waals surface area contributed by atoms with Gasteiger partial charge in [-0.1, -0.05) is 0 Å². The third-order valence-corrected chi connectivity index (χ3v) is 2.65. The van der Waals surface area contributed by atoms with Gasteiger partial charge in [-0.25, -0.2) is 4.39 Å². The molecule has 7 heteroatoms. The zero-order chi connectivity index (χ0) is 13.1. The van der Waals surface area contributed by atoms with Crippen molar-refractivity contribution in [3.05, 3.63) is 57.7 Å². The van der Waals surface area contributed by atoms with E-state index >= 15 is 0 Å². The number of alkyl halides is 1. The summed E-state index contributed by atoms with van der Waals surface area (Å²) in [7, 11) is 0. The number of non-ortho nitro benzene ring substituents is 1. The fourth-order valence-corrected chi connectivity index (χ4v) is 1.72. The zero-order valence-electron chi connectivity index (χ0n) is 9.22. The molecule has 0 aliphatic carbocycles. The van der Waals surface area contributed by atoms with Gasteiger partial charge in [0.1, 0.15) is 5.82 Å². The van der Waals surface area contributed by atoms with Gasteiger partial charge in [-0.2, -0.15) is 5.10 Å². The fourth-order valence-electron chi connectivity index (χ4n) is 1.58. The first-order chi connectivity index (χ1) is 8.58. The molecule has 1 heterocycles. The topological polar surface area (TPSA) is 61.0 Å². The van der Waals surface area contributed by atoms with E-state index in [1.807, 2.05) is 0 Å².